The zero-order valence-corrected chi connectivity index (χ0v) is 14.8. The van der Waals surface area contributed by atoms with E-state index in [4.69, 9.17) is 21.1 Å². The smallest absolute Gasteiger partial charge is 0.407 e. The molecule has 0 rings (SSSR count). The number of hydrogen-bond donors (Lipinski definition) is 1. The number of alkyl halides is 1. The summed E-state index contributed by atoms with van der Waals surface area (Å²) in [4.78, 5) is 23.7. The van der Waals surface area contributed by atoms with Gasteiger partial charge in [0.25, 0.3) is 0 Å². The Hall–Kier alpha value is -0.970. The van der Waals surface area contributed by atoms with Gasteiger partial charge in [-0.3, -0.25) is 0 Å². The summed E-state index contributed by atoms with van der Waals surface area (Å²) in [6.45, 7) is 6.53. The fraction of sp³-hybridized carbons (Fsp3) is 0.875. The van der Waals surface area contributed by atoms with E-state index in [-0.39, 0.29) is 18.4 Å². The van der Waals surface area contributed by atoms with Crippen LogP contribution in [0.4, 0.5) is 4.79 Å². The van der Waals surface area contributed by atoms with E-state index in [9.17, 15) is 9.59 Å². The molecule has 0 bridgehead atoms. The van der Waals surface area contributed by atoms with E-state index >= 15 is 0 Å². The molecule has 0 aromatic heterocycles. The van der Waals surface area contributed by atoms with Crippen LogP contribution >= 0.6 is 11.6 Å². The van der Waals surface area contributed by atoms with Gasteiger partial charge in [-0.05, 0) is 12.3 Å². The summed E-state index contributed by atoms with van der Waals surface area (Å²) in [7, 11) is 0. The van der Waals surface area contributed by atoms with Gasteiger partial charge in [0, 0.05) is 0 Å². The Bertz CT molecular complexity index is 313. The third-order valence-electron chi connectivity index (χ3n) is 3.54. The van der Waals surface area contributed by atoms with E-state index in [1.165, 1.54) is 12.8 Å². The average Bonchev–Trinajstić information content (AvgIpc) is 2.52. The molecule has 0 heterocycles. The highest BCUT2D eigenvalue weighted by Crippen LogP contribution is 2.11. The van der Waals surface area contributed by atoms with Gasteiger partial charge in [0.2, 0.25) is 0 Å². The fourth-order valence-electron chi connectivity index (χ4n) is 1.94. The molecular weight excluding hydrogens is 306 g/mol. The molecule has 0 radical (unpaired) electrons. The highest BCUT2D eigenvalue weighted by Gasteiger charge is 2.27. The van der Waals surface area contributed by atoms with Gasteiger partial charge in [0.05, 0.1) is 12.5 Å². The molecule has 0 spiro atoms. The van der Waals surface area contributed by atoms with Crippen LogP contribution in [0.5, 0.6) is 0 Å². The normalized spacial score (nSPS) is 13.3. The van der Waals surface area contributed by atoms with Gasteiger partial charge < -0.3 is 14.8 Å². The monoisotopic (exact) mass is 335 g/mol. The molecule has 22 heavy (non-hydrogen) atoms. The molecular formula is C16H30ClNO4. The largest absolute Gasteiger partial charge is 0.464 e. The quantitative estimate of drug-likeness (QED) is 0.334. The van der Waals surface area contributed by atoms with Gasteiger partial charge in [-0.25, -0.2) is 9.59 Å². The Balaban J connectivity index is 4.19. The van der Waals surface area contributed by atoms with Crippen LogP contribution in [0.25, 0.3) is 0 Å². The standard InChI is InChI=1S/C16H30ClNO4/c1-4-6-7-8-9-11-21-15(19)14(13(3)5-2)18-16(20)22-12-10-17/h13-14H,4-12H2,1-3H3,(H,18,20). The number of nitrogens with one attached hydrogen (secondary N) is 1. The molecule has 1 N–H and O–H groups in total. The summed E-state index contributed by atoms with van der Waals surface area (Å²) < 4.78 is 10.1. The number of halogens is 1. The van der Waals surface area contributed by atoms with Crippen LogP contribution in [-0.2, 0) is 14.3 Å². The Morgan fingerprint density at radius 3 is 2.32 bits per heavy atom. The number of ether oxygens (including phenoxy) is 2. The maximum absolute atomic E-state index is 12.1. The Morgan fingerprint density at radius 2 is 1.73 bits per heavy atom. The molecule has 5 nitrogen and oxygen atoms in total. The lowest BCUT2D eigenvalue weighted by molar-refractivity contribution is -0.147. The van der Waals surface area contributed by atoms with Crippen molar-refractivity contribution in [1.82, 2.24) is 5.32 Å². The second-order valence-corrected chi connectivity index (χ2v) is 5.79. The second-order valence-electron chi connectivity index (χ2n) is 5.41. The third kappa shape index (κ3) is 9.87. The van der Waals surface area contributed by atoms with Crippen LogP contribution in [0.3, 0.4) is 0 Å². The van der Waals surface area contributed by atoms with Crippen molar-refractivity contribution in [3.63, 3.8) is 0 Å². The van der Waals surface area contributed by atoms with Gasteiger partial charge >= 0.3 is 12.1 Å². The minimum absolute atomic E-state index is 0.0175. The van der Waals surface area contributed by atoms with Crippen molar-refractivity contribution in [2.75, 3.05) is 19.1 Å². The van der Waals surface area contributed by atoms with E-state index in [2.05, 4.69) is 12.2 Å². The maximum atomic E-state index is 12.1. The molecule has 2 unspecified atom stereocenters. The lowest BCUT2D eigenvalue weighted by Gasteiger charge is -2.22. The van der Waals surface area contributed by atoms with Crippen molar-refractivity contribution < 1.29 is 19.1 Å². The highest BCUT2D eigenvalue weighted by atomic mass is 35.5. The van der Waals surface area contributed by atoms with Gasteiger partial charge in [-0.2, -0.15) is 0 Å². The SMILES string of the molecule is CCCCCCCOC(=O)C(NC(=O)OCCCl)C(C)CC. The Kier molecular flexibility index (Phi) is 13.1. The van der Waals surface area contributed by atoms with Gasteiger partial charge in [-0.1, -0.05) is 52.9 Å². The first-order chi connectivity index (χ1) is 10.6. The first-order valence-corrected chi connectivity index (χ1v) is 8.76. The number of hydrogen-bond acceptors (Lipinski definition) is 4. The first kappa shape index (κ1) is 21.0. The molecule has 130 valence electrons. The number of carbonyl (C=O) groups excluding carboxylic acids is 2. The molecule has 0 aliphatic carbocycles. The minimum Gasteiger partial charge on any atom is -0.464 e. The van der Waals surface area contributed by atoms with Gasteiger partial charge in [0.15, 0.2) is 0 Å². The van der Waals surface area contributed by atoms with Crippen LogP contribution in [0.2, 0.25) is 0 Å². The summed E-state index contributed by atoms with van der Waals surface area (Å²) in [5.41, 5.74) is 0. The Labute approximate surface area is 139 Å². The summed E-state index contributed by atoms with van der Waals surface area (Å²) in [6, 6.07) is -0.677. The van der Waals surface area contributed by atoms with Crippen molar-refractivity contribution in [1.29, 1.82) is 0 Å². The summed E-state index contributed by atoms with van der Waals surface area (Å²) >= 11 is 5.46. The van der Waals surface area contributed by atoms with Crippen LogP contribution in [0.15, 0.2) is 0 Å². The molecule has 0 fully saturated rings. The number of amides is 1. The molecule has 0 saturated heterocycles. The average molecular weight is 336 g/mol. The zero-order chi connectivity index (χ0) is 16.8. The lowest BCUT2D eigenvalue weighted by Crippen LogP contribution is -2.46. The minimum atomic E-state index is -0.677. The molecule has 0 aliphatic rings. The topological polar surface area (TPSA) is 64.6 Å². The van der Waals surface area contributed by atoms with Crippen molar-refractivity contribution in [2.45, 2.75) is 65.3 Å². The third-order valence-corrected chi connectivity index (χ3v) is 3.70. The molecule has 0 saturated carbocycles. The molecule has 2 atom stereocenters. The van der Waals surface area contributed by atoms with E-state index in [1.54, 1.807) is 0 Å². The number of unbranched alkanes of at least 4 members (excludes halogenated alkanes) is 4. The second kappa shape index (κ2) is 13.7. The van der Waals surface area contributed by atoms with Crippen molar-refractivity contribution in [3.8, 4) is 0 Å². The maximum Gasteiger partial charge on any atom is 0.407 e. The van der Waals surface area contributed by atoms with Crippen molar-refractivity contribution >= 4 is 23.7 Å². The highest BCUT2D eigenvalue weighted by molar-refractivity contribution is 6.18. The number of carbonyl (C=O) groups is 2. The first-order valence-electron chi connectivity index (χ1n) is 8.22. The number of esters is 1. The summed E-state index contributed by atoms with van der Waals surface area (Å²) in [6.07, 6.45) is 5.58. The predicted molar refractivity (Wildman–Crippen MR) is 88.2 cm³/mol. The van der Waals surface area contributed by atoms with Crippen molar-refractivity contribution in [3.05, 3.63) is 0 Å². The molecule has 0 aromatic carbocycles. The lowest BCUT2D eigenvalue weighted by atomic mass is 9.99. The van der Waals surface area contributed by atoms with E-state index in [1.807, 2.05) is 13.8 Å². The summed E-state index contributed by atoms with van der Waals surface area (Å²) in [5.74, 6) is -0.187. The molecule has 0 aromatic rings. The van der Waals surface area contributed by atoms with E-state index < -0.39 is 18.1 Å². The fourth-order valence-corrected chi connectivity index (χ4v) is 2.01. The van der Waals surface area contributed by atoms with Crippen LogP contribution in [-0.4, -0.2) is 37.2 Å². The van der Waals surface area contributed by atoms with Crippen molar-refractivity contribution in [2.24, 2.45) is 5.92 Å². The molecule has 6 heteroatoms. The van der Waals surface area contributed by atoms with Crippen LogP contribution in [0, 0.1) is 5.92 Å². The van der Waals surface area contributed by atoms with Gasteiger partial charge in [-0.15, -0.1) is 11.6 Å². The van der Waals surface area contributed by atoms with Gasteiger partial charge in [0.1, 0.15) is 12.6 Å². The zero-order valence-electron chi connectivity index (χ0n) is 14.0. The Morgan fingerprint density at radius 1 is 1.05 bits per heavy atom. The molecule has 1 amide bonds. The van der Waals surface area contributed by atoms with Crippen LogP contribution < -0.4 is 5.32 Å². The van der Waals surface area contributed by atoms with E-state index in [0.29, 0.717) is 6.61 Å². The number of alkyl carbamates (subject to hydrolysis) is 1. The number of rotatable bonds is 12. The molecule has 0 aliphatic heterocycles. The predicted octanol–water partition coefficient (Wildman–Crippen LogP) is 3.88. The van der Waals surface area contributed by atoms with Crippen LogP contribution in [0.1, 0.15) is 59.3 Å². The van der Waals surface area contributed by atoms with E-state index in [0.717, 1.165) is 25.7 Å². The summed E-state index contributed by atoms with van der Waals surface area (Å²) in [5, 5.41) is 2.57.